The lowest BCUT2D eigenvalue weighted by molar-refractivity contribution is -0.157. The third-order valence-corrected chi connectivity index (χ3v) is 3.42. The zero-order valence-electron chi connectivity index (χ0n) is 11.9. The van der Waals surface area contributed by atoms with Gasteiger partial charge in [-0.1, -0.05) is 13.3 Å². The molecule has 3 N–H and O–H groups in total. The van der Waals surface area contributed by atoms with Crippen molar-refractivity contribution in [3.63, 3.8) is 0 Å². The fourth-order valence-electron chi connectivity index (χ4n) is 2.33. The van der Waals surface area contributed by atoms with Crippen molar-refractivity contribution >= 4 is 23.8 Å². The Hall–Kier alpha value is -2.12. The van der Waals surface area contributed by atoms with E-state index < -0.39 is 35.8 Å². The Bertz CT molecular complexity index is 436. The molecular weight excluding hydrogens is 280 g/mol. The first-order valence-corrected chi connectivity index (χ1v) is 6.95. The molecular formula is C13H20N2O6. The molecule has 21 heavy (non-hydrogen) atoms. The number of rotatable bonds is 5. The second-order valence-electron chi connectivity index (χ2n) is 5.00. The van der Waals surface area contributed by atoms with Gasteiger partial charge in [-0.3, -0.25) is 9.59 Å². The summed E-state index contributed by atoms with van der Waals surface area (Å²) in [6.45, 7) is 1.95. The highest BCUT2D eigenvalue weighted by atomic mass is 16.4. The largest absolute Gasteiger partial charge is 0.480 e. The Morgan fingerprint density at radius 1 is 1.24 bits per heavy atom. The molecule has 0 aromatic carbocycles. The second kappa shape index (κ2) is 7.61. The van der Waals surface area contributed by atoms with Gasteiger partial charge in [0.2, 0.25) is 0 Å². The fourth-order valence-corrected chi connectivity index (χ4v) is 2.33. The van der Waals surface area contributed by atoms with Gasteiger partial charge >= 0.3 is 23.8 Å². The Morgan fingerprint density at radius 3 is 2.43 bits per heavy atom. The molecule has 1 aliphatic heterocycles. The van der Waals surface area contributed by atoms with Gasteiger partial charge in [0.15, 0.2) is 0 Å². The topological polar surface area (TPSA) is 124 Å². The number of hydrogen-bond donors (Lipinski definition) is 3. The fraction of sp³-hybridized carbons (Fsp3) is 0.692. The minimum Gasteiger partial charge on any atom is -0.480 e. The van der Waals surface area contributed by atoms with Crippen LogP contribution in [-0.2, 0) is 19.2 Å². The number of nitrogens with one attached hydrogen (secondary N) is 1. The normalized spacial score (nSPS) is 19.7. The van der Waals surface area contributed by atoms with Crippen LogP contribution in [-0.4, -0.2) is 57.5 Å². The summed E-state index contributed by atoms with van der Waals surface area (Å²) in [7, 11) is 0. The lowest BCUT2D eigenvalue weighted by Crippen LogP contribution is -2.55. The molecule has 2 atom stereocenters. The molecule has 0 unspecified atom stereocenters. The lowest BCUT2D eigenvalue weighted by atomic mass is 10.0. The van der Waals surface area contributed by atoms with E-state index in [1.54, 1.807) is 6.92 Å². The summed E-state index contributed by atoms with van der Waals surface area (Å²) in [5, 5.41) is 20.2. The molecule has 0 aromatic heterocycles. The third-order valence-electron chi connectivity index (χ3n) is 3.42. The lowest BCUT2D eigenvalue weighted by Gasteiger charge is -2.32. The van der Waals surface area contributed by atoms with Crippen LogP contribution in [0.4, 0.5) is 0 Å². The summed E-state index contributed by atoms with van der Waals surface area (Å²) in [6, 6.07) is -2.16. The summed E-state index contributed by atoms with van der Waals surface area (Å²) in [5.74, 6) is -4.42. The van der Waals surface area contributed by atoms with Gasteiger partial charge in [-0.05, 0) is 25.7 Å². The van der Waals surface area contributed by atoms with Crippen molar-refractivity contribution in [1.29, 1.82) is 0 Å². The zero-order valence-corrected chi connectivity index (χ0v) is 11.9. The standard InChI is InChI=1S/C13H20N2O6/c1-2-5-8(12(18)19)14-10(16)11(17)15-7-4-3-6-9(15)13(20)21/h8-9H,2-7H2,1H3,(H,14,16)(H,18,19)(H,20,21)/t8-,9+/m0/s1. The molecule has 1 heterocycles. The minimum atomic E-state index is -1.22. The van der Waals surface area contributed by atoms with Crippen molar-refractivity contribution in [2.45, 2.75) is 51.1 Å². The number of carbonyl (C=O) groups excluding carboxylic acids is 2. The molecule has 0 spiro atoms. The molecule has 8 nitrogen and oxygen atoms in total. The highest BCUT2D eigenvalue weighted by Gasteiger charge is 2.36. The van der Waals surface area contributed by atoms with Gasteiger partial charge in [0.1, 0.15) is 12.1 Å². The summed E-state index contributed by atoms with van der Waals surface area (Å²) >= 11 is 0. The molecule has 8 heteroatoms. The van der Waals surface area contributed by atoms with Crippen molar-refractivity contribution in [2.24, 2.45) is 0 Å². The van der Waals surface area contributed by atoms with Crippen LogP contribution in [0.5, 0.6) is 0 Å². The summed E-state index contributed by atoms with van der Waals surface area (Å²) in [5.41, 5.74) is 0. The van der Waals surface area contributed by atoms with Crippen LogP contribution in [0.25, 0.3) is 0 Å². The average molecular weight is 300 g/mol. The predicted molar refractivity (Wildman–Crippen MR) is 71.5 cm³/mol. The number of likely N-dealkylation sites (tertiary alicyclic amines) is 1. The first kappa shape index (κ1) is 16.9. The number of amides is 2. The Kier molecular flexibility index (Phi) is 6.13. The van der Waals surface area contributed by atoms with Gasteiger partial charge in [0.05, 0.1) is 0 Å². The van der Waals surface area contributed by atoms with Gasteiger partial charge in [0, 0.05) is 6.54 Å². The SMILES string of the molecule is CCC[C@H](NC(=O)C(=O)N1CCCC[C@@H]1C(=O)O)C(=O)O. The van der Waals surface area contributed by atoms with Crippen LogP contribution in [0.2, 0.25) is 0 Å². The predicted octanol–water partition coefficient (Wildman–Crippen LogP) is -0.178. The van der Waals surface area contributed by atoms with Crippen LogP contribution in [0.1, 0.15) is 39.0 Å². The first-order valence-electron chi connectivity index (χ1n) is 6.95. The molecule has 1 fully saturated rings. The van der Waals surface area contributed by atoms with Crippen molar-refractivity contribution in [3.05, 3.63) is 0 Å². The molecule has 0 aliphatic carbocycles. The molecule has 0 bridgehead atoms. The van der Waals surface area contributed by atoms with Crippen LogP contribution in [0, 0.1) is 0 Å². The number of carbonyl (C=O) groups is 4. The zero-order chi connectivity index (χ0) is 16.0. The Balaban J connectivity index is 2.73. The number of hydrogen-bond acceptors (Lipinski definition) is 4. The van der Waals surface area contributed by atoms with Crippen LogP contribution in [0.3, 0.4) is 0 Å². The maximum Gasteiger partial charge on any atom is 0.326 e. The van der Waals surface area contributed by atoms with E-state index in [-0.39, 0.29) is 13.0 Å². The summed E-state index contributed by atoms with van der Waals surface area (Å²) in [6.07, 6.45) is 2.34. The second-order valence-corrected chi connectivity index (χ2v) is 5.00. The monoisotopic (exact) mass is 300 g/mol. The number of carboxylic acids is 2. The van der Waals surface area contributed by atoms with E-state index in [9.17, 15) is 19.2 Å². The Labute approximate surface area is 122 Å². The third kappa shape index (κ3) is 4.44. The number of piperidine rings is 1. The first-order chi connectivity index (χ1) is 9.88. The van der Waals surface area contributed by atoms with E-state index in [1.165, 1.54) is 0 Å². The highest BCUT2D eigenvalue weighted by Crippen LogP contribution is 2.17. The van der Waals surface area contributed by atoms with Gasteiger partial charge in [0.25, 0.3) is 0 Å². The molecule has 1 rings (SSSR count). The summed E-state index contributed by atoms with van der Waals surface area (Å²) in [4.78, 5) is 46.9. The van der Waals surface area contributed by atoms with Crippen molar-refractivity contribution < 1.29 is 29.4 Å². The van der Waals surface area contributed by atoms with E-state index in [0.717, 1.165) is 4.90 Å². The molecule has 118 valence electrons. The molecule has 1 saturated heterocycles. The number of carboxylic acid groups (broad SMARTS) is 2. The highest BCUT2D eigenvalue weighted by molar-refractivity contribution is 6.35. The maximum atomic E-state index is 12.0. The van der Waals surface area contributed by atoms with E-state index in [1.807, 2.05) is 0 Å². The number of aliphatic carboxylic acids is 2. The Morgan fingerprint density at radius 2 is 1.90 bits per heavy atom. The van der Waals surface area contributed by atoms with Crippen LogP contribution >= 0.6 is 0 Å². The van der Waals surface area contributed by atoms with Gasteiger partial charge in [-0.25, -0.2) is 9.59 Å². The van der Waals surface area contributed by atoms with E-state index in [0.29, 0.717) is 25.7 Å². The molecule has 0 radical (unpaired) electrons. The molecule has 2 amide bonds. The van der Waals surface area contributed by atoms with E-state index in [4.69, 9.17) is 10.2 Å². The molecule has 1 aliphatic rings. The van der Waals surface area contributed by atoms with Crippen LogP contribution < -0.4 is 5.32 Å². The molecule has 0 aromatic rings. The maximum absolute atomic E-state index is 12.0. The van der Waals surface area contributed by atoms with Gasteiger partial charge < -0.3 is 20.4 Å². The average Bonchev–Trinajstić information content (AvgIpc) is 2.45. The summed E-state index contributed by atoms with van der Waals surface area (Å²) < 4.78 is 0. The van der Waals surface area contributed by atoms with Crippen molar-refractivity contribution in [3.8, 4) is 0 Å². The van der Waals surface area contributed by atoms with Crippen LogP contribution in [0.15, 0.2) is 0 Å². The minimum absolute atomic E-state index is 0.189. The smallest absolute Gasteiger partial charge is 0.326 e. The quantitative estimate of drug-likeness (QED) is 0.605. The van der Waals surface area contributed by atoms with Crippen molar-refractivity contribution in [2.75, 3.05) is 6.54 Å². The van der Waals surface area contributed by atoms with Crippen molar-refractivity contribution in [1.82, 2.24) is 10.2 Å². The van der Waals surface area contributed by atoms with Gasteiger partial charge in [-0.2, -0.15) is 0 Å². The van der Waals surface area contributed by atoms with E-state index >= 15 is 0 Å². The van der Waals surface area contributed by atoms with E-state index in [2.05, 4.69) is 5.32 Å². The van der Waals surface area contributed by atoms with Gasteiger partial charge in [-0.15, -0.1) is 0 Å². The number of nitrogens with zero attached hydrogens (tertiary/aromatic N) is 1. The molecule has 0 saturated carbocycles.